The third-order valence-corrected chi connectivity index (χ3v) is 8.71. The molecule has 29 heavy (non-hydrogen) atoms. The first-order valence-electron chi connectivity index (χ1n) is 10.8. The zero-order chi connectivity index (χ0) is 20.9. The quantitative estimate of drug-likeness (QED) is 0.576. The molecule has 1 saturated carbocycles. The lowest BCUT2D eigenvalue weighted by Crippen LogP contribution is -2.44. The lowest BCUT2D eigenvalue weighted by atomic mass is 9.96. The smallest absolute Gasteiger partial charge is 0.244 e. The van der Waals surface area contributed by atoms with Crippen LogP contribution in [0.2, 0.25) is 0 Å². The SMILES string of the molecule is CC(C)CN1CCOC(CSc2ccc(S(=O)(=O)N(C)C3CCCCC3)cn2)C1. The Hall–Kier alpha value is -0.670. The second-order valence-corrected chi connectivity index (χ2v) is 11.6. The molecule has 2 heterocycles. The fourth-order valence-electron chi connectivity index (χ4n) is 4.15. The van der Waals surface area contributed by atoms with Gasteiger partial charge in [0.15, 0.2) is 0 Å². The standard InChI is InChI=1S/C21H35N3O3S2/c1-17(2)14-24-11-12-27-19(15-24)16-28-21-10-9-20(13-22-21)29(25,26)23(3)18-7-5-4-6-8-18/h9-10,13,17-19H,4-8,11-12,14-16H2,1-3H3. The summed E-state index contributed by atoms with van der Waals surface area (Å²) in [6, 6.07) is 3.62. The van der Waals surface area contributed by atoms with Gasteiger partial charge in [-0.1, -0.05) is 33.1 Å². The normalized spacial score (nSPS) is 22.4. The molecule has 6 nitrogen and oxygen atoms in total. The Kier molecular flexibility index (Phi) is 8.39. The molecule has 0 spiro atoms. The first-order valence-corrected chi connectivity index (χ1v) is 13.2. The highest BCUT2D eigenvalue weighted by Gasteiger charge is 2.29. The molecule has 164 valence electrons. The summed E-state index contributed by atoms with van der Waals surface area (Å²) in [7, 11) is -1.77. The number of sulfonamides is 1. The molecule has 0 bridgehead atoms. The van der Waals surface area contributed by atoms with Crippen LogP contribution in [0.4, 0.5) is 0 Å². The predicted molar refractivity (Wildman–Crippen MR) is 118 cm³/mol. The van der Waals surface area contributed by atoms with E-state index in [0.717, 1.165) is 62.7 Å². The summed E-state index contributed by atoms with van der Waals surface area (Å²) < 4.78 is 33.3. The molecule has 1 aliphatic heterocycles. The Balaban J connectivity index is 1.54. The number of hydrogen-bond donors (Lipinski definition) is 0. The Morgan fingerprint density at radius 3 is 2.69 bits per heavy atom. The van der Waals surface area contributed by atoms with E-state index in [4.69, 9.17) is 4.74 Å². The lowest BCUT2D eigenvalue weighted by molar-refractivity contribution is -0.0191. The average molecular weight is 442 g/mol. The minimum atomic E-state index is -3.48. The number of pyridine rings is 1. The van der Waals surface area contributed by atoms with Crippen molar-refractivity contribution in [2.24, 2.45) is 5.92 Å². The molecule has 1 aliphatic carbocycles. The van der Waals surface area contributed by atoms with Gasteiger partial charge in [0.25, 0.3) is 0 Å². The zero-order valence-corrected chi connectivity index (χ0v) is 19.6. The van der Waals surface area contributed by atoms with Crippen molar-refractivity contribution in [3.63, 3.8) is 0 Å². The highest BCUT2D eigenvalue weighted by Crippen LogP contribution is 2.27. The predicted octanol–water partition coefficient (Wildman–Crippen LogP) is 3.48. The third kappa shape index (κ3) is 6.40. The topological polar surface area (TPSA) is 62.7 Å². The first-order chi connectivity index (χ1) is 13.9. The molecule has 1 saturated heterocycles. The van der Waals surface area contributed by atoms with Gasteiger partial charge in [0.05, 0.1) is 17.7 Å². The van der Waals surface area contributed by atoms with E-state index in [1.54, 1.807) is 29.2 Å². The fraction of sp³-hybridized carbons (Fsp3) is 0.762. The Bertz CT molecular complexity index is 734. The van der Waals surface area contributed by atoms with Crippen LogP contribution < -0.4 is 0 Å². The van der Waals surface area contributed by atoms with Crippen molar-refractivity contribution >= 4 is 21.8 Å². The minimum Gasteiger partial charge on any atom is -0.375 e. The van der Waals surface area contributed by atoms with E-state index in [9.17, 15) is 8.42 Å². The first kappa shape index (κ1) is 23.0. The molecule has 1 aromatic rings. The summed E-state index contributed by atoms with van der Waals surface area (Å²) in [5.74, 6) is 1.49. The number of thioether (sulfide) groups is 1. The molecule has 2 fully saturated rings. The van der Waals surface area contributed by atoms with Gasteiger partial charge in [0, 0.05) is 44.7 Å². The maximum Gasteiger partial charge on any atom is 0.244 e. The Morgan fingerprint density at radius 1 is 1.28 bits per heavy atom. The molecule has 1 unspecified atom stereocenters. The molecular weight excluding hydrogens is 406 g/mol. The van der Waals surface area contributed by atoms with Crippen molar-refractivity contribution in [1.82, 2.24) is 14.2 Å². The zero-order valence-electron chi connectivity index (χ0n) is 17.9. The minimum absolute atomic E-state index is 0.111. The molecule has 3 rings (SSSR count). The van der Waals surface area contributed by atoms with Gasteiger partial charge in [-0.05, 0) is 30.9 Å². The summed E-state index contributed by atoms with van der Waals surface area (Å²) in [4.78, 5) is 7.16. The largest absolute Gasteiger partial charge is 0.375 e. The van der Waals surface area contributed by atoms with Gasteiger partial charge >= 0.3 is 0 Å². The van der Waals surface area contributed by atoms with Crippen molar-refractivity contribution in [3.05, 3.63) is 18.3 Å². The van der Waals surface area contributed by atoms with E-state index < -0.39 is 10.0 Å². The fourth-order valence-corrected chi connectivity index (χ4v) is 6.37. The van der Waals surface area contributed by atoms with Crippen LogP contribution in [-0.4, -0.2) is 73.8 Å². The lowest BCUT2D eigenvalue weighted by Gasteiger charge is -2.33. The summed E-state index contributed by atoms with van der Waals surface area (Å²) in [5, 5.41) is 0.842. The van der Waals surface area contributed by atoms with Gasteiger partial charge in [-0.3, -0.25) is 4.90 Å². The maximum absolute atomic E-state index is 12.9. The average Bonchev–Trinajstić information content (AvgIpc) is 2.72. The van der Waals surface area contributed by atoms with E-state index in [0.29, 0.717) is 5.92 Å². The van der Waals surface area contributed by atoms with Gasteiger partial charge in [0.2, 0.25) is 10.0 Å². The summed E-state index contributed by atoms with van der Waals surface area (Å²) in [5.41, 5.74) is 0. The maximum atomic E-state index is 12.9. The van der Waals surface area contributed by atoms with Crippen LogP contribution in [0.1, 0.15) is 46.0 Å². The summed E-state index contributed by atoms with van der Waals surface area (Å²) in [6.45, 7) is 8.30. The van der Waals surface area contributed by atoms with Gasteiger partial charge in [-0.2, -0.15) is 4.31 Å². The van der Waals surface area contributed by atoms with Crippen LogP contribution in [0.25, 0.3) is 0 Å². The monoisotopic (exact) mass is 441 g/mol. The molecule has 0 amide bonds. The number of ether oxygens (including phenoxy) is 1. The van der Waals surface area contributed by atoms with Crippen LogP contribution in [0.15, 0.2) is 28.3 Å². The van der Waals surface area contributed by atoms with Crippen molar-refractivity contribution in [3.8, 4) is 0 Å². The molecule has 0 radical (unpaired) electrons. The van der Waals surface area contributed by atoms with Crippen molar-refractivity contribution < 1.29 is 13.2 Å². The second kappa shape index (κ2) is 10.6. The van der Waals surface area contributed by atoms with Crippen LogP contribution in [0.3, 0.4) is 0 Å². The van der Waals surface area contributed by atoms with Gasteiger partial charge in [-0.15, -0.1) is 11.8 Å². The summed E-state index contributed by atoms with van der Waals surface area (Å²) >= 11 is 1.63. The number of rotatable bonds is 8. The van der Waals surface area contributed by atoms with Gasteiger partial charge in [-0.25, -0.2) is 13.4 Å². The van der Waals surface area contributed by atoms with Crippen LogP contribution in [0.5, 0.6) is 0 Å². The molecule has 0 aromatic carbocycles. The van der Waals surface area contributed by atoms with Gasteiger partial charge < -0.3 is 4.74 Å². The van der Waals surface area contributed by atoms with E-state index in [1.165, 1.54) is 12.6 Å². The number of morpholine rings is 1. The highest BCUT2D eigenvalue weighted by molar-refractivity contribution is 7.99. The Labute approximate surface area is 180 Å². The van der Waals surface area contributed by atoms with Crippen LogP contribution >= 0.6 is 11.8 Å². The van der Waals surface area contributed by atoms with Gasteiger partial charge in [0.1, 0.15) is 4.90 Å². The molecule has 8 heteroatoms. The molecule has 1 atom stereocenters. The van der Waals surface area contributed by atoms with E-state index in [-0.39, 0.29) is 17.0 Å². The number of nitrogens with zero attached hydrogens (tertiary/aromatic N) is 3. The molecule has 1 aromatic heterocycles. The molecule has 2 aliphatic rings. The molecular formula is C21H35N3O3S2. The molecule has 0 N–H and O–H groups in total. The van der Waals surface area contributed by atoms with E-state index >= 15 is 0 Å². The summed E-state index contributed by atoms with van der Waals surface area (Å²) in [6.07, 6.45) is 7.02. The highest BCUT2D eigenvalue weighted by atomic mass is 32.2. The number of aromatic nitrogens is 1. The number of hydrogen-bond acceptors (Lipinski definition) is 6. The second-order valence-electron chi connectivity index (χ2n) is 8.60. The Morgan fingerprint density at radius 2 is 2.03 bits per heavy atom. The van der Waals surface area contributed by atoms with E-state index in [2.05, 4.69) is 23.7 Å². The van der Waals surface area contributed by atoms with Crippen LogP contribution in [-0.2, 0) is 14.8 Å². The van der Waals surface area contributed by atoms with E-state index in [1.807, 2.05) is 6.07 Å². The van der Waals surface area contributed by atoms with Crippen molar-refractivity contribution in [2.45, 2.75) is 68.0 Å². The third-order valence-electron chi connectivity index (χ3n) is 5.74. The van der Waals surface area contributed by atoms with Crippen molar-refractivity contribution in [1.29, 1.82) is 0 Å². The van der Waals surface area contributed by atoms with Crippen molar-refractivity contribution in [2.75, 3.05) is 39.0 Å². The van der Waals surface area contributed by atoms with Crippen LogP contribution in [0, 0.1) is 5.92 Å².